The second kappa shape index (κ2) is 7.32. The van der Waals surface area contributed by atoms with Crippen LogP contribution >= 0.6 is 0 Å². The number of aryl methyl sites for hydroxylation is 1. The van der Waals surface area contributed by atoms with E-state index in [2.05, 4.69) is 25.3 Å². The first-order valence-corrected chi connectivity index (χ1v) is 9.85. The molecule has 0 amide bonds. The first-order valence-electron chi connectivity index (χ1n) is 9.85. The average Bonchev–Trinajstić information content (AvgIpc) is 3.23. The molecule has 0 fully saturated rings. The van der Waals surface area contributed by atoms with Crippen LogP contribution in [0.5, 0.6) is 0 Å². The molecule has 0 aliphatic rings. The van der Waals surface area contributed by atoms with E-state index < -0.39 is 5.82 Å². The molecule has 0 bridgehead atoms. The van der Waals surface area contributed by atoms with E-state index in [0.29, 0.717) is 28.1 Å². The van der Waals surface area contributed by atoms with Crippen LogP contribution in [0.15, 0.2) is 66.0 Å². The van der Waals surface area contributed by atoms with Gasteiger partial charge in [-0.3, -0.25) is 9.20 Å². The number of H-pyrrole nitrogens is 1. The normalized spacial score (nSPS) is 12.4. The molecule has 31 heavy (non-hydrogen) atoms. The fourth-order valence-corrected chi connectivity index (χ4v) is 3.93. The molecule has 154 valence electrons. The number of aromatic nitrogens is 5. The number of anilines is 1. The maximum Gasteiger partial charge on any atom is 0.263 e. The number of rotatable bonds is 4. The number of fused-ring (bicyclic) bond motifs is 2. The molecule has 0 unspecified atom stereocenters. The van der Waals surface area contributed by atoms with Crippen molar-refractivity contribution >= 4 is 22.5 Å². The topological polar surface area (TPSA) is 88.0 Å². The van der Waals surface area contributed by atoms with Crippen molar-refractivity contribution in [1.29, 1.82) is 0 Å². The third-order valence-corrected chi connectivity index (χ3v) is 5.38. The smallest absolute Gasteiger partial charge is 0.263 e. The number of nitrogens with one attached hydrogen (secondary N) is 2. The van der Waals surface area contributed by atoms with Gasteiger partial charge in [0.2, 0.25) is 0 Å². The van der Waals surface area contributed by atoms with Gasteiger partial charge in [0, 0.05) is 11.2 Å². The van der Waals surface area contributed by atoms with Gasteiger partial charge in [0.1, 0.15) is 17.7 Å². The van der Waals surface area contributed by atoms with Crippen LogP contribution in [-0.2, 0) is 0 Å². The molecule has 4 heterocycles. The van der Waals surface area contributed by atoms with Crippen molar-refractivity contribution in [2.45, 2.75) is 19.9 Å². The maximum atomic E-state index is 14.0. The Morgan fingerprint density at radius 2 is 1.94 bits per heavy atom. The number of imidazole rings is 1. The van der Waals surface area contributed by atoms with E-state index >= 15 is 0 Å². The quantitative estimate of drug-likeness (QED) is 0.459. The van der Waals surface area contributed by atoms with Crippen LogP contribution in [0.3, 0.4) is 0 Å². The minimum atomic E-state index is -0.395. The van der Waals surface area contributed by atoms with Crippen molar-refractivity contribution in [3.05, 3.63) is 88.6 Å². The van der Waals surface area contributed by atoms with E-state index in [9.17, 15) is 9.18 Å². The molecule has 0 aliphatic carbocycles. The summed E-state index contributed by atoms with van der Waals surface area (Å²) < 4.78 is 15.7. The molecule has 0 radical (unpaired) electrons. The molecule has 0 spiro atoms. The fraction of sp³-hybridized carbons (Fsp3) is 0.130. The number of pyridine rings is 2. The molecule has 7 nitrogen and oxygen atoms in total. The Bertz CT molecular complexity index is 1490. The van der Waals surface area contributed by atoms with Gasteiger partial charge < -0.3 is 10.3 Å². The minimum Gasteiger partial charge on any atom is -0.362 e. The predicted molar refractivity (Wildman–Crippen MR) is 118 cm³/mol. The Kier molecular flexibility index (Phi) is 4.47. The average molecular weight is 414 g/mol. The first kappa shape index (κ1) is 18.9. The fourth-order valence-electron chi connectivity index (χ4n) is 3.93. The van der Waals surface area contributed by atoms with E-state index in [0.717, 1.165) is 16.8 Å². The lowest BCUT2D eigenvalue weighted by atomic mass is 9.96. The summed E-state index contributed by atoms with van der Waals surface area (Å²) in [5.74, 6) is 0.179. The Morgan fingerprint density at radius 3 is 2.77 bits per heavy atom. The molecule has 0 saturated heterocycles. The molecule has 4 aromatic heterocycles. The number of benzene rings is 1. The highest BCUT2D eigenvalue weighted by atomic mass is 19.1. The summed E-state index contributed by atoms with van der Waals surface area (Å²) in [5.41, 5.74) is 4.32. The van der Waals surface area contributed by atoms with E-state index in [-0.39, 0.29) is 11.6 Å². The van der Waals surface area contributed by atoms with Crippen LogP contribution in [-0.4, -0.2) is 24.3 Å². The largest absolute Gasteiger partial charge is 0.362 e. The third kappa shape index (κ3) is 3.22. The van der Waals surface area contributed by atoms with Crippen LogP contribution in [0.1, 0.15) is 24.2 Å². The summed E-state index contributed by atoms with van der Waals surface area (Å²) in [6.07, 6.45) is 2.99. The van der Waals surface area contributed by atoms with Crippen molar-refractivity contribution in [2.75, 3.05) is 5.32 Å². The van der Waals surface area contributed by atoms with Gasteiger partial charge in [-0.1, -0.05) is 18.2 Å². The predicted octanol–water partition coefficient (Wildman–Crippen LogP) is 4.25. The maximum absolute atomic E-state index is 14.0. The van der Waals surface area contributed by atoms with Crippen LogP contribution in [0, 0.1) is 12.7 Å². The molecule has 0 saturated carbocycles. The molecular weight excluding hydrogens is 395 g/mol. The number of aromatic amines is 1. The van der Waals surface area contributed by atoms with Crippen LogP contribution in [0.25, 0.3) is 27.8 Å². The molecular formula is C23H19FN6O. The third-order valence-electron chi connectivity index (χ3n) is 5.38. The molecule has 1 atom stereocenters. The Morgan fingerprint density at radius 1 is 1.10 bits per heavy atom. The molecule has 1 aromatic carbocycles. The van der Waals surface area contributed by atoms with Gasteiger partial charge in [0.15, 0.2) is 11.5 Å². The van der Waals surface area contributed by atoms with Crippen LogP contribution in [0.2, 0.25) is 0 Å². The van der Waals surface area contributed by atoms with E-state index in [1.807, 2.05) is 38.1 Å². The Balaban J connectivity index is 1.72. The van der Waals surface area contributed by atoms with Crippen molar-refractivity contribution in [2.24, 2.45) is 0 Å². The van der Waals surface area contributed by atoms with E-state index in [1.165, 1.54) is 18.5 Å². The summed E-state index contributed by atoms with van der Waals surface area (Å²) >= 11 is 0. The van der Waals surface area contributed by atoms with Crippen molar-refractivity contribution in [3.63, 3.8) is 0 Å². The molecule has 2 N–H and O–H groups in total. The summed E-state index contributed by atoms with van der Waals surface area (Å²) in [7, 11) is 0. The molecule has 5 aromatic rings. The highest BCUT2D eigenvalue weighted by Gasteiger charge is 2.20. The Labute approximate surface area is 176 Å². The zero-order chi connectivity index (χ0) is 21.5. The number of hydrogen-bond donors (Lipinski definition) is 2. The second-order valence-corrected chi connectivity index (χ2v) is 7.41. The summed E-state index contributed by atoms with van der Waals surface area (Å²) in [4.78, 5) is 29.2. The van der Waals surface area contributed by atoms with Gasteiger partial charge in [0.05, 0.1) is 17.9 Å². The number of halogens is 1. The monoisotopic (exact) mass is 414 g/mol. The standard InChI is InChI=1S/C23H19FN6O/c1-13-5-3-8-17-10-18(14(2)29-22-20-21(26-11-25-20)27-12-28-22)19(23(31)30(13)17)15-6-4-7-16(24)9-15/h3-12,14H,1-2H3,(H2,25,26,27,28,29)/t14-/m0/s1. The SMILES string of the molecule is Cc1cccc2cc([C@H](C)Nc3ncnc4nc[nH]c34)c(-c3cccc(F)c3)c(=O)n12. The molecule has 5 rings (SSSR count). The van der Waals surface area contributed by atoms with Gasteiger partial charge >= 0.3 is 0 Å². The van der Waals surface area contributed by atoms with E-state index in [1.54, 1.807) is 22.9 Å². The van der Waals surface area contributed by atoms with Gasteiger partial charge in [-0.25, -0.2) is 19.3 Å². The van der Waals surface area contributed by atoms with Crippen LogP contribution < -0.4 is 10.9 Å². The number of nitrogens with zero attached hydrogens (tertiary/aromatic N) is 4. The van der Waals surface area contributed by atoms with Gasteiger partial charge in [-0.2, -0.15) is 0 Å². The van der Waals surface area contributed by atoms with Crippen molar-refractivity contribution < 1.29 is 4.39 Å². The summed E-state index contributed by atoms with van der Waals surface area (Å²) in [6, 6.07) is 13.4. The van der Waals surface area contributed by atoms with Crippen molar-refractivity contribution in [3.8, 4) is 11.1 Å². The summed E-state index contributed by atoms with van der Waals surface area (Å²) in [5, 5.41) is 3.35. The first-order chi connectivity index (χ1) is 15.0. The lowest BCUT2D eigenvalue weighted by molar-refractivity contribution is 0.628. The zero-order valence-corrected chi connectivity index (χ0v) is 16.9. The van der Waals surface area contributed by atoms with Crippen LogP contribution in [0.4, 0.5) is 10.2 Å². The van der Waals surface area contributed by atoms with Gasteiger partial charge in [-0.05, 0) is 55.3 Å². The minimum absolute atomic E-state index is 0.195. The highest BCUT2D eigenvalue weighted by Crippen LogP contribution is 2.30. The Hall–Kier alpha value is -4.07. The second-order valence-electron chi connectivity index (χ2n) is 7.41. The van der Waals surface area contributed by atoms with Gasteiger partial charge in [-0.15, -0.1) is 0 Å². The lowest BCUT2D eigenvalue weighted by Crippen LogP contribution is -2.22. The highest BCUT2D eigenvalue weighted by molar-refractivity contribution is 5.82. The van der Waals surface area contributed by atoms with Gasteiger partial charge in [0.25, 0.3) is 5.56 Å². The van der Waals surface area contributed by atoms with Crippen molar-refractivity contribution in [1.82, 2.24) is 24.3 Å². The summed E-state index contributed by atoms with van der Waals surface area (Å²) in [6.45, 7) is 3.81. The lowest BCUT2D eigenvalue weighted by Gasteiger charge is -2.20. The number of hydrogen-bond acceptors (Lipinski definition) is 5. The van der Waals surface area contributed by atoms with E-state index in [4.69, 9.17) is 0 Å². The molecule has 0 aliphatic heterocycles. The zero-order valence-electron chi connectivity index (χ0n) is 16.9. The molecule has 8 heteroatoms.